The van der Waals surface area contributed by atoms with Crippen LogP contribution in [0.25, 0.3) is 0 Å². The van der Waals surface area contributed by atoms with Crippen LogP contribution in [0.4, 0.5) is 0 Å². The highest BCUT2D eigenvalue weighted by Gasteiger charge is 2.38. The van der Waals surface area contributed by atoms with E-state index < -0.39 is 0 Å². The molecule has 0 aromatic rings. The first-order chi connectivity index (χ1) is 7.88. The van der Waals surface area contributed by atoms with Gasteiger partial charge in [0.1, 0.15) is 0 Å². The number of nitrogens with zero attached hydrogens (tertiary/aromatic N) is 1. The first-order valence-corrected chi connectivity index (χ1v) is 7.05. The molecule has 3 atom stereocenters. The van der Waals surface area contributed by atoms with E-state index in [9.17, 15) is 5.11 Å². The second-order valence-corrected chi connectivity index (χ2v) is 7.00. The fraction of sp³-hybridized carbons (Fsp3) is 1.00. The molecule has 0 aromatic heterocycles. The monoisotopic (exact) mass is 240 g/mol. The Morgan fingerprint density at radius 3 is 2.53 bits per heavy atom. The number of rotatable bonds is 4. The van der Waals surface area contributed by atoms with Gasteiger partial charge in [-0.25, -0.2) is 0 Å². The van der Waals surface area contributed by atoms with Gasteiger partial charge < -0.3 is 10.4 Å². The summed E-state index contributed by atoms with van der Waals surface area (Å²) in [5.74, 6) is 0. The van der Waals surface area contributed by atoms with Gasteiger partial charge in [0, 0.05) is 31.2 Å². The highest BCUT2D eigenvalue weighted by molar-refractivity contribution is 4.96. The van der Waals surface area contributed by atoms with Crippen LogP contribution in [-0.2, 0) is 0 Å². The van der Waals surface area contributed by atoms with Gasteiger partial charge in [0.15, 0.2) is 0 Å². The van der Waals surface area contributed by atoms with Crippen LogP contribution < -0.4 is 5.32 Å². The summed E-state index contributed by atoms with van der Waals surface area (Å²) in [5, 5.41) is 13.6. The van der Waals surface area contributed by atoms with Crippen LogP contribution in [-0.4, -0.2) is 47.3 Å². The topological polar surface area (TPSA) is 35.5 Å². The molecule has 2 fully saturated rings. The molecule has 0 spiro atoms. The molecule has 100 valence electrons. The predicted molar refractivity (Wildman–Crippen MR) is 71.1 cm³/mol. The van der Waals surface area contributed by atoms with Crippen LogP contribution in [0.3, 0.4) is 0 Å². The minimum atomic E-state index is -0.257. The Kier molecular flexibility index (Phi) is 3.81. The van der Waals surface area contributed by atoms with E-state index in [0.29, 0.717) is 12.1 Å². The Bertz CT molecular complexity index is 257. The third kappa shape index (κ3) is 3.43. The summed E-state index contributed by atoms with van der Waals surface area (Å²) in [7, 11) is 0. The van der Waals surface area contributed by atoms with Crippen molar-refractivity contribution in [2.45, 2.75) is 71.2 Å². The zero-order valence-corrected chi connectivity index (χ0v) is 11.7. The normalized spacial score (nSPS) is 33.0. The van der Waals surface area contributed by atoms with Gasteiger partial charge in [-0.05, 0) is 31.6 Å². The zero-order chi connectivity index (χ0) is 12.6. The number of hydrogen-bond donors (Lipinski definition) is 2. The van der Waals surface area contributed by atoms with Gasteiger partial charge in [0.05, 0.1) is 6.10 Å². The maximum atomic E-state index is 10.0. The summed E-state index contributed by atoms with van der Waals surface area (Å²) in [5.41, 5.74) is -0.0204. The van der Waals surface area contributed by atoms with E-state index in [2.05, 4.69) is 37.9 Å². The summed E-state index contributed by atoms with van der Waals surface area (Å²) in [6, 6.07) is 2.15. The van der Waals surface area contributed by atoms with E-state index in [-0.39, 0.29) is 11.5 Å². The number of aliphatic hydroxyl groups is 1. The van der Waals surface area contributed by atoms with Crippen LogP contribution in [0.5, 0.6) is 0 Å². The van der Waals surface area contributed by atoms with E-state index in [0.717, 1.165) is 12.6 Å². The van der Waals surface area contributed by atoms with Gasteiger partial charge in [0.25, 0.3) is 0 Å². The van der Waals surface area contributed by atoms with E-state index in [1.54, 1.807) is 0 Å². The van der Waals surface area contributed by atoms with E-state index in [1.807, 2.05) is 0 Å². The molecular weight excluding hydrogens is 212 g/mol. The number of likely N-dealkylation sites (tertiary alicyclic amines) is 1. The summed E-state index contributed by atoms with van der Waals surface area (Å²) in [6.07, 6.45) is 3.75. The molecule has 0 bridgehead atoms. The van der Waals surface area contributed by atoms with Gasteiger partial charge in [-0.3, -0.25) is 4.90 Å². The third-order valence-electron chi connectivity index (χ3n) is 4.24. The highest BCUT2D eigenvalue weighted by Crippen LogP contribution is 2.33. The summed E-state index contributed by atoms with van der Waals surface area (Å²) in [6.45, 7) is 10.5. The van der Waals surface area contributed by atoms with Crippen LogP contribution in [0, 0.1) is 5.41 Å². The molecule has 1 heterocycles. The minimum absolute atomic E-state index is 0.0204. The van der Waals surface area contributed by atoms with Crippen LogP contribution >= 0.6 is 0 Å². The fourth-order valence-corrected chi connectivity index (χ4v) is 2.70. The number of nitrogens with one attached hydrogen (secondary N) is 1. The quantitative estimate of drug-likeness (QED) is 0.783. The smallest absolute Gasteiger partial charge is 0.0712 e. The molecule has 3 heteroatoms. The number of aliphatic hydroxyl groups excluding tert-OH is 1. The average Bonchev–Trinajstić information content (AvgIpc) is 2.98. The molecule has 1 saturated heterocycles. The maximum Gasteiger partial charge on any atom is 0.0712 e. The molecule has 0 amide bonds. The third-order valence-corrected chi connectivity index (χ3v) is 4.24. The van der Waals surface area contributed by atoms with Crippen molar-refractivity contribution in [3.05, 3.63) is 0 Å². The molecule has 17 heavy (non-hydrogen) atoms. The largest absolute Gasteiger partial charge is 0.391 e. The molecule has 0 radical (unpaired) electrons. The second-order valence-electron chi connectivity index (χ2n) is 7.00. The maximum absolute atomic E-state index is 10.0. The van der Waals surface area contributed by atoms with E-state index >= 15 is 0 Å². The molecule has 0 aromatic carbocycles. The van der Waals surface area contributed by atoms with Crippen LogP contribution in [0.1, 0.15) is 47.0 Å². The molecule has 1 saturated carbocycles. The Balaban J connectivity index is 1.74. The summed E-state index contributed by atoms with van der Waals surface area (Å²) in [4.78, 5) is 2.64. The molecule has 3 unspecified atom stereocenters. The van der Waals surface area contributed by atoms with Crippen molar-refractivity contribution < 1.29 is 5.11 Å². The summed E-state index contributed by atoms with van der Waals surface area (Å²) < 4.78 is 0. The number of hydrogen-bond acceptors (Lipinski definition) is 3. The van der Waals surface area contributed by atoms with Crippen molar-refractivity contribution in [3.8, 4) is 0 Å². The lowest BCUT2D eigenvalue weighted by Gasteiger charge is -2.27. The van der Waals surface area contributed by atoms with Crippen molar-refractivity contribution in [1.29, 1.82) is 0 Å². The Morgan fingerprint density at radius 2 is 2.00 bits per heavy atom. The van der Waals surface area contributed by atoms with Gasteiger partial charge in [-0.1, -0.05) is 20.8 Å². The lowest BCUT2D eigenvalue weighted by molar-refractivity contribution is 0.0606. The Morgan fingerprint density at radius 1 is 1.35 bits per heavy atom. The summed E-state index contributed by atoms with van der Waals surface area (Å²) >= 11 is 0. The first kappa shape index (κ1) is 13.3. The Labute approximate surface area is 106 Å². The SMILES string of the molecule is CC1CC(NCC(O)C(C)(C)C)CN1C1CC1. The van der Waals surface area contributed by atoms with Crippen LogP contribution in [0.2, 0.25) is 0 Å². The van der Waals surface area contributed by atoms with E-state index in [1.165, 1.54) is 25.8 Å². The molecular formula is C14H28N2O. The molecule has 2 rings (SSSR count). The highest BCUT2D eigenvalue weighted by atomic mass is 16.3. The standard InChI is InChI=1S/C14H28N2O/c1-10-7-11(9-16(10)12-5-6-12)15-8-13(17)14(2,3)4/h10-13,15,17H,5-9H2,1-4H3. The molecule has 3 nitrogen and oxygen atoms in total. The molecule has 1 aliphatic carbocycles. The zero-order valence-electron chi connectivity index (χ0n) is 11.7. The lowest BCUT2D eigenvalue weighted by atomic mass is 9.89. The second kappa shape index (κ2) is 4.87. The van der Waals surface area contributed by atoms with Crippen molar-refractivity contribution in [2.24, 2.45) is 5.41 Å². The molecule has 1 aliphatic heterocycles. The predicted octanol–water partition coefficient (Wildman–Crippen LogP) is 1.61. The van der Waals surface area contributed by atoms with Crippen molar-refractivity contribution >= 4 is 0 Å². The van der Waals surface area contributed by atoms with E-state index in [4.69, 9.17) is 0 Å². The first-order valence-electron chi connectivity index (χ1n) is 7.05. The van der Waals surface area contributed by atoms with Gasteiger partial charge in [-0.15, -0.1) is 0 Å². The van der Waals surface area contributed by atoms with Crippen molar-refractivity contribution in [1.82, 2.24) is 10.2 Å². The van der Waals surface area contributed by atoms with Crippen molar-refractivity contribution in [3.63, 3.8) is 0 Å². The van der Waals surface area contributed by atoms with Gasteiger partial charge >= 0.3 is 0 Å². The van der Waals surface area contributed by atoms with Gasteiger partial charge in [-0.2, -0.15) is 0 Å². The van der Waals surface area contributed by atoms with Crippen LogP contribution in [0.15, 0.2) is 0 Å². The fourth-order valence-electron chi connectivity index (χ4n) is 2.70. The lowest BCUT2D eigenvalue weighted by Crippen LogP contribution is -2.42. The van der Waals surface area contributed by atoms with Crippen molar-refractivity contribution in [2.75, 3.05) is 13.1 Å². The minimum Gasteiger partial charge on any atom is -0.391 e. The average molecular weight is 240 g/mol. The Hall–Kier alpha value is -0.120. The van der Waals surface area contributed by atoms with Gasteiger partial charge in [0.2, 0.25) is 0 Å². The molecule has 2 aliphatic rings. The molecule has 2 N–H and O–H groups in total.